The summed E-state index contributed by atoms with van der Waals surface area (Å²) in [5, 5.41) is 8.87. The summed E-state index contributed by atoms with van der Waals surface area (Å²) in [6.07, 6.45) is -4.21. The Kier molecular flexibility index (Phi) is 3.58. The Hall–Kier alpha value is -1.87. The first-order valence-electron chi connectivity index (χ1n) is 5.24. The van der Waals surface area contributed by atoms with Gasteiger partial charge >= 0.3 is 5.69 Å². The number of rotatable bonds is 2. The zero-order chi connectivity index (χ0) is 14.2. The molecule has 9 heteroatoms. The fraction of sp³-hybridized carbons (Fsp3) is 0.400. The van der Waals surface area contributed by atoms with Crippen molar-refractivity contribution >= 4 is 5.82 Å². The maximum Gasteiger partial charge on any atom is 0.352 e. The molecule has 3 N–H and O–H groups in total. The van der Waals surface area contributed by atoms with Gasteiger partial charge in [0.1, 0.15) is 6.10 Å². The SMILES string of the molecule is Nc1nc(=O)n(C2OC(CO)C(F)/C2=C\F)cc1F. The lowest BCUT2D eigenvalue weighted by Crippen LogP contribution is -2.29. The predicted molar refractivity (Wildman–Crippen MR) is 58.0 cm³/mol. The third kappa shape index (κ3) is 2.22. The maximum absolute atomic E-state index is 13.7. The standard InChI is InChI=1S/C10H10F3N3O3/c11-1-4-7(13)6(3-17)19-9(4)16-2-5(12)8(14)15-10(16)18/h1-2,6-7,9,17H,3H2,(H2,14,15,18)/b4-1+. The van der Waals surface area contributed by atoms with Crippen molar-refractivity contribution in [3.05, 3.63) is 34.4 Å². The maximum atomic E-state index is 13.7. The van der Waals surface area contributed by atoms with E-state index in [1.165, 1.54) is 0 Å². The van der Waals surface area contributed by atoms with Crippen LogP contribution in [0.3, 0.4) is 0 Å². The lowest BCUT2D eigenvalue weighted by atomic mass is 10.1. The predicted octanol–water partition coefficient (Wildman–Crippen LogP) is 0.0458. The van der Waals surface area contributed by atoms with E-state index in [-0.39, 0.29) is 6.33 Å². The molecule has 2 rings (SSSR count). The fourth-order valence-corrected chi connectivity index (χ4v) is 1.77. The molecule has 1 aliphatic heterocycles. The highest BCUT2D eigenvalue weighted by Crippen LogP contribution is 2.35. The summed E-state index contributed by atoms with van der Waals surface area (Å²) < 4.78 is 45.1. The molecule has 0 bridgehead atoms. The molecule has 19 heavy (non-hydrogen) atoms. The molecule has 3 unspecified atom stereocenters. The summed E-state index contributed by atoms with van der Waals surface area (Å²) in [5.74, 6) is -1.65. The van der Waals surface area contributed by atoms with Gasteiger partial charge in [-0.2, -0.15) is 4.98 Å². The lowest BCUT2D eigenvalue weighted by molar-refractivity contribution is -0.0325. The monoisotopic (exact) mass is 277 g/mol. The van der Waals surface area contributed by atoms with Crippen LogP contribution in [0.4, 0.5) is 19.0 Å². The molecule has 0 aromatic carbocycles. The molecule has 104 valence electrons. The second kappa shape index (κ2) is 5.02. The molecule has 1 fully saturated rings. The van der Waals surface area contributed by atoms with Crippen molar-refractivity contribution in [3.8, 4) is 0 Å². The molecule has 1 saturated heterocycles. The van der Waals surface area contributed by atoms with Gasteiger partial charge in [-0.15, -0.1) is 0 Å². The number of aliphatic hydroxyl groups is 1. The van der Waals surface area contributed by atoms with Crippen molar-refractivity contribution in [1.29, 1.82) is 0 Å². The van der Waals surface area contributed by atoms with Crippen molar-refractivity contribution in [1.82, 2.24) is 9.55 Å². The summed E-state index contributed by atoms with van der Waals surface area (Å²) in [6, 6.07) is 0. The molecule has 1 aromatic rings. The quantitative estimate of drug-likeness (QED) is 0.797. The van der Waals surface area contributed by atoms with Gasteiger partial charge < -0.3 is 15.6 Å². The van der Waals surface area contributed by atoms with Gasteiger partial charge in [-0.05, 0) is 0 Å². The molecular formula is C10H10F3N3O3. The van der Waals surface area contributed by atoms with E-state index < -0.39 is 48.0 Å². The molecule has 3 atom stereocenters. The molecule has 0 amide bonds. The molecule has 2 heterocycles. The summed E-state index contributed by atoms with van der Waals surface area (Å²) in [5.41, 5.74) is 3.54. The van der Waals surface area contributed by atoms with Gasteiger partial charge in [-0.25, -0.2) is 18.0 Å². The van der Waals surface area contributed by atoms with E-state index in [9.17, 15) is 18.0 Å². The van der Waals surface area contributed by atoms with Gasteiger partial charge in [0, 0.05) is 5.57 Å². The van der Waals surface area contributed by atoms with E-state index in [4.69, 9.17) is 15.6 Å². The summed E-state index contributed by atoms with van der Waals surface area (Å²) in [6.45, 7) is -0.714. The van der Waals surface area contributed by atoms with Crippen molar-refractivity contribution in [2.24, 2.45) is 0 Å². The number of anilines is 1. The highest BCUT2D eigenvalue weighted by Gasteiger charge is 2.42. The van der Waals surface area contributed by atoms with E-state index in [1.54, 1.807) is 0 Å². The number of aliphatic hydroxyl groups excluding tert-OH is 1. The van der Waals surface area contributed by atoms with Gasteiger partial charge in [-0.3, -0.25) is 4.57 Å². The highest BCUT2D eigenvalue weighted by molar-refractivity contribution is 5.27. The Balaban J connectivity index is 2.47. The summed E-state index contributed by atoms with van der Waals surface area (Å²) in [4.78, 5) is 14.7. The second-order valence-electron chi connectivity index (χ2n) is 3.88. The third-order valence-electron chi connectivity index (χ3n) is 2.73. The Labute approximate surface area is 104 Å². The highest BCUT2D eigenvalue weighted by atomic mass is 19.1. The van der Waals surface area contributed by atoms with Crippen LogP contribution < -0.4 is 11.4 Å². The molecule has 1 aromatic heterocycles. The number of aromatic nitrogens is 2. The van der Waals surface area contributed by atoms with Gasteiger partial charge in [0.25, 0.3) is 0 Å². The number of nitrogens with two attached hydrogens (primary N) is 1. The topological polar surface area (TPSA) is 90.4 Å². The van der Waals surface area contributed by atoms with E-state index >= 15 is 0 Å². The number of ether oxygens (including phenoxy) is 1. The first kappa shape index (κ1) is 13.6. The molecule has 6 nitrogen and oxygen atoms in total. The van der Waals surface area contributed by atoms with Crippen LogP contribution in [0.15, 0.2) is 22.9 Å². The van der Waals surface area contributed by atoms with Crippen molar-refractivity contribution < 1.29 is 23.0 Å². The zero-order valence-corrected chi connectivity index (χ0v) is 9.46. The molecule has 0 spiro atoms. The third-order valence-corrected chi connectivity index (χ3v) is 2.73. The molecule has 1 aliphatic rings. The number of halogens is 3. The Morgan fingerprint density at radius 2 is 2.32 bits per heavy atom. The van der Waals surface area contributed by atoms with Crippen molar-refractivity contribution in [3.63, 3.8) is 0 Å². The van der Waals surface area contributed by atoms with Crippen LogP contribution in [0.5, 0.6) is 0 Å². The van der Waals surface area contributed by atoms with Crippen LogP contribution in [0, 0.1) is 5.82 Å². The van der Waals surface area contributed by atoms with Crippen LogP contribution in [0.2, 0.25) is 0 Å². The minimum Gasteiger partial charge on any atom is -0.394 e. The van der Waals surface area contributed by atoms with Gasteiger partial charge in [0.2, 0.25) is 0 Å². The van der Waals surface area contributed by atoms with Gasteiger partial charge in [0.15, 0.2) is 24.0 Å². The first-order valence-corrected chi connectivity index (χ1v) is 5.24. The van der Waals surface area contributed by atoms with Crippen molar-refractivity contribution in [2.75, 3.05) is 12.3 Å². The lowest BCUT2D eigenvalue weighted by Gasteiger charge is -2.14. The number of nitrogens with zero attached hydrogens (tertiary/aromatic N) is 2. The number of nitrogen functional groups attached to an aromatic ring is 1. The van der Waals surface area contributed by atoms with Crippen LogP contribution >= 0.6 is 0 Å². The molecule has 0 saturated carbocycles. The normalized spacial score (nSPS) is 29.1. The molecule has 0 aliphatic carbocycles. The summed E-state index contributed by atoms with van der Waals surface area (Å²) >= 11 is 0. The smallest absolute Gasteiger partial charge is 0.352 e. The van der Waals surface area contributed by atoms with Crippen LogP contribution in [0.25, 0.3) is 0 Å². The minimum absolute atomic E-state index is 0.0777. The molecular weight excluding hydrogens is 267 g/mol. The zero-order valence-electron chi connectivity index (χ0n) is 9.46. The van der Waals surface area contributed by atoms with E-state index in [1.807, 2.05) is 0 Å². The van der Waals surface area contributed by atoms with E-state index in [2.05, 4.69) is 4.98 Å². The Morgan fingerprint density at radius 3 is 2.89 bits per heavy atom. The number of alkyl halides is 1. The van der Waals surface area contributed by atoms with Crippen molar-refractivity contribution in [2.45, 2.75) is 18.5 Å². The Morgan fingerprint density at radius 1 is 1.63 bits per heavy atom. The van der Waals surface area contributed by atoms with Crippen LogP contribution in [-0.2, 0) is 4.74 Å². The van der Waals surface area contributed by atoms with E-state index in [0.29, 0.717) is 10.8 Å². The molecule has 0 radical (unpaired) electrons. The fourth-order valence-electron chi connectivity index (χ4n) is 1.77. The van der Waals surface area contributed by atoms with Crippen LogP contribution in [0.1, 0.15) is 6.23 Å². The Bertz CT molecular complexity index is 575. The minimum atomic E-state index is -1.94. The summed E-state index contributed by atoms with van der Waals surface area (Å²) in [7, 11) is 0. The average molecular weight is 277 g/mol. The number of hydrogen-bond donors (Lipinski definition) is 2. The van der Waals surface area contributed by atoms with Gasteiger partial charge in [0.05, 0.1) is 19.1 Å². The largest absolute Gasteiger partial charge is 0.394 e. The average Bonchev–Trinajstić information content (AvgIpc) is 2.70. The number of hydrogen-bond acceptors (Lipinski definition) is 5. The second-order valence-corrected chi connectivity index (χ2v) is 3.88. The van der Waals surface area contributed by atoms with Gasteiger partial charge in [-0.1, -0.05) is 0 Å². The van der Waals surface area contributed by atoms with E-state index in [0.717, 1.165) is 0 Å². The van der Waals surface area contributed by atoms with Crippen LogP contribution in [-0.4, -0.2) is 33.5 Å². The first-order chi connectivity index (χ1) is 8.99.